The van der Waals surface area contributed by atoms with Crippen LogP contribution in [0.1, 0.15) is 35.4 Å². The largest absolute Gasteiger partial charge is 0.465 e. The number of halogens is 1. The van der Waals surface area contributed by atoms with E-state index in [2.05, 4.69) is 15.0 Å². The molecule has 0 aliphatic heterocycles. The standard InChI is InChI=1S/C12H17ClN2O3S/c1-18-11(17)9-10(13)15-12(19-9)14-8-4-2-7(6-16)3-5-8/h7-8,16H,2-6H2,1H3,(H,14,15). The Morgan fingerprint density at radius 2 is 2.21 bits per heavy atom. The predicted molar refractivity (Wildman–Crippen MR) is 74.9 cm³/mol. The van der Waals surface area contributed by atoms with Crippen LogP contribution >= 0.6 is 22.9 Å². The Balaban J connectivity index is 1.95. The minimum Gasteiger partial charge on any atom is -0.465 e. The van der Waals surface area contributed by atoms with Crippen molar-refractivity contribution >= 4 is 34.0 Å². The minimum atomic E-state index is -0.459. The lowest BCUT2D eigenvalue weighted by molar-refractivity contribution is 0.0606. The lowest BCUT2D eigenvalue weighted by atomic mass is 9.87. The van der Waals surface area contributed by atoms with Crippen LogP contribution in [0, 0.1) is 5.92 Å². The van der Waals surface area contributed by atoms with Crippen LogP contribution in [-0.4, -0.2) is 35.8 Å². The summed E-state index contributed by atoms with van der Waals surface area (Å²) in [7, 11) is 1.32. The third-order valence-electron chi connectivity index (χ3n) is 3.39. The summed E-state index contributed by atoms with van der Waals surface area (Å²) in [6.45, 7) is 0.266. The van der Waals surface area contributed by atoms with Gasteiger partial charge in [0, 0.05) is 12.6 Å². The van der Waals surface area contributed by atoms with Gasteiger partial charge in [-0.1, -0.05) is 22.9 Å². The summed E-state index contributed by atoms with van der Waals surface area (Å²) in [4.78, 5) is 15.9. The van der Waals surface area contributed by atoms with Gasteiger partial charge in [0.15, 0.2) is 15.2 Å². The van der Waals surface area contributed by atoms with Crippen molar-refractivity contribution in [2.24, 2.45) is 5.92 Å². The van der Waals surface area contributed by atoms with E-state index in [1.165, 1.54) is 18.4 Å². The Hall–Kier alpha value is -0.850. The molecule has 0 atom stereocenters. The van der Waals surface area contributed by atoms with Crippen LogP contribution in [0.4, 0.5) is 5.13 Å². The molecule has 2 rings (SSSR count). The first-order valence-corrected chi connectivity index (χ1v) is 7.45. The molecule has 0 aromatic carbocycles. The smallest absolute Gasteiger partial charge is 0.351 e. The van der Waals surface area contributed by atoms with Gasteiger partial charge in [0.1, 0.15) is 0 Å². The number of rotatable bonds is 4. The maximum atomic E-state index is 11.4. The zero-order chi connectivity index (χ0) is 13.8. The molecule has 7 heteroatoms. The Bertz CT molecular complexity index is 444. The van der Waals surface area contributed by atoms with E-state index in [1.807, 2.05) is 0 Å². The SMILES string of the molecule is COC(=O)c1sc(NC2CCC(CO)CC2)nc1Cl. The second-order valence-corrected chi connectivity index (χ2v) is 6.03. The molecular weight excluding hydrogens is 288 g/mol. The topological polar surface area (TPSA) is 71.5 Å². The van der Waals surface area contributed by atoms with Gasteiger partial charge in [-0.2, -0.15) is 0 Å². The van der Waals surface area contributed by atoms with Crippen molar-refractivity contribution in [1.82, 2.24) is 4.98 Å². The molecule has 0 unspecified atom stereocenters. The Morgan fingerprint density at radius 3 is 2.79 bits per heavy atom. The Kier molecular flexibility index (Phi) is 5.01. The van der Waals surface area contributed by atoms with Gasteiger partial charge in [-0.15, -0.1) is 0 Å². The first-order valence-electron chi connectivity index (χ1n) is 6.26. The summed E-state index contributed by atoms with van der Waals surface area (Å²) < 4.78 is 4.64. The van der Waals surface area contributed by atoms with Gasteiger partial charge in [-0.3, -0.25) is 0 Å². The third kappa shape index (κ3) is 3.58. The average molecular weight is 305 g/mol. The van der Waals surface area contributed by atoms with E-state index in [0.717, 1.165) is 25.7 Å². The monoisotopic (exact) mass is 304 g/mol. The van der Waals surface area contributed by atoms with Crippen LogP contribution < -0.4 is 5.32 Å². The van der Waals surface area contributed by atoms with Gasteiger partial charge >= 0.3 is 5.97 Å². The molecule has 0 saturated heterocycles. The summed E-state index contributed by atoms with van der Waals surface area (Å²) >= 11 is 7.12. The van der Waals surface area contributed by atoms with Gasteiger partial charge in [0.2, 0.25) is 0 Å². The van der Waals surface area contributed by atoms with Gasteiger partial charge in [0.25, 0.3) is 0 Å². The number of aromatic nitrogens is 1. The molecule has 5 nitrogen and oxygen atoms in total. The van der Waals surface area contributed by atoms with Crippen LogP contribution in [0.15, 0.2) is 0 Å². The predicted octanol–water partition coefficient (Wildman–Crippen LogP) is 2.55. The zero-order valence-electron chi connectivity index (χ0n) is 10.7. The molecule has 0 amide bonds. The third-order valence-corrected chi connectivity index (χ3v) is 4.74. The number of hydrogen-bond donors (Lipinski definition) is 2. The summed E-state index contributed by atoms with van der Waals surface area (Å²) in [6, 6.07) is 0.329. The van der Waals surface area contributed by atoms with Crippen LogP contribution in [0.3, 0.4) is 0 Å². The number of anilines is 1. The van der Waals surface area contributed by atoms with Crippen molar-refractivity contribution in [2.75, 3.05) is 19.0 Å². The first kappa shape index (κ1) is 14.6. The highest BCUT2D eigenvalue weighted by Gasteiger charge is 2.23. The molecule has 1 heterocycles. The normalized spacial score (nSPS) is 23.1. The Labute approximate surface area is 120 Å². The van der Waals surface area contributed by atoms with Crippen molar-refractivity contribution in [3.05, 3.63) is 10.0 Å². The van der Waals surface area contributed by atoms with Gasteiger partial charge < -0.3 is 15.2 Å². The summed E-state index contributed by atoms with van der Waals surface area (Å²) in [6.07, 6.45) is 4.01. The summed E-state index contributed by atoms with van der Waals surface area (Å²) in [5, 5.41) is 13.2. The van der Waals surface area contributed by atoms with E-state index in [-0.39, 0.29) is 11.8 Å². The molecular formula is C12H17ClN2O3S. The van der Waals surface area contributed by atoms with Crippen LogP contribution in [-0.2, 0) is 4.74 Å². The van der Waals surface area contributed by atoms with Crippen molar-refractivity contribution in [2.45, 2.75) is 31.7 Å². The van der Waals surface area contributed by atoms with E-state index in [9.17, 15) is 4.79 Å². The fourth-order valence-corrected chi connectivity index (χ4v) is 3.43. The minimum absolute atomic E-state index is 0.184. The first-order chi connectivity index (χ1) is 9.13. The number of nitrogens with one attached hydrogen (secondary N) is 1. The highest BCUT2D eigenvalue weighted by atomic mass is 35.5. The molecule has 2 N–H and O–H groups in total. The molecule has 1 aromatic heterocycles. The van der Waals surface area contributed by atoms with E-state index in [1.54, 1.807) is 0 Å². The van der Waals surface area contributed by atoms with Gasteiger partial charge in [-0.05, 0) is 31.6 Å². The van der Waals surface area contributed by atoms with Crippen molar-refractivity contribution < 1.29 is 14.6 Å². The number of nitrogens with zero attached hydrogens (tertiary/aromatic N) is 1. The molecule has 106 valence electrons. The lowest BCUT2D eigenvalue weighted by Crippen LogP contribution is -2.27. The van der Waals surface area contributed by atoms with Crippen molar-refractivity contribution in [3.63, 3.8) is 0 Å². The molecule has 1 saturated carbocycles. The fourth-order valence-electron chi connectivity index (χ4n) is 2.25. The van der Waals surface area contributed by atoms with Crippen LogP contribution in [0.2, 0.25) is 5.15 Å². The van der Waals surface area contributed by atoms with Crippen molar-refractivity contribution in [3.8, 4) is 0 Å². The number of thiazole rings is 1. The van der Waals surface area contributed by atoms with Gasteiger partial charge in [0.05, 0.1) is 7.11 Å². The number of aliphatic hydroxyl groups is 1. The molecule has 19 heavy (non-hydrogen) atoms. The Morgan fingerprint density at radius 1 is 1.53 bits per heavy atom. The molecule has 1 aliphatic rings. The number of methoxy groups -OCH3 is 1. The number of aliphatic hydroxyl groups excluding tert-OH is 1. The summed E-state index contributed by atoms with van der Waals surface area (Å²) in [5.74, 6) is -0.0388. The van der Waals surface area contributed by atoms with E-state index >= 15 is 0 Å². The van der Waals surface area contributed by atoms with E-state index in [4.69, 9.17) is 16.7 Å². The number of carbonyl (C=O) groups is 1. The zero-order valence-corrected chi connectivity index (χ0v) is 12.3. The van der Waals surface area contributed by atoms with Crippen LogP contribution in [0.25, 0.3) is 0 Å². The maximum absolute atomic E-state index is 11.4. The van der Waals surface area contributed by atoms with E-state index in [0.29, 0.717) is 22.0 Å². The van der Waals surface area contributed by atoms with Crippen LogP contribution in [0.5, 0.6) is 0 Å². The second-order valence-electron chi connectivity index (χ2n) is 4.68. The highest BCUT2D eigenvalue weighted by Crippen LogP contribution is 2.31. The molecule has 1 aliphatic carbocycles. The molecule has 1 fully saturated rings. The maximum Gasteiger partial charge on any atom is 0.351 e. The quantitative estimate of drug-likeness (QED) is 0.837. The lowest BCUT2D eigenvalue weighted by Gasteiger charge is -2.27. The number of esters is 1. The molecule has 0 spiro atoms. The van der Waals surface area contributed by atoms with E-state index < -0.39 is 5.97 Å². The second kappa shape index (κ2) is 6.54. The number of hydrogen-bond acceptors (Lipinski definition) is 6. The van der Waals surface area contributed by atoms with Crippen molar-refractivity contribution in [1.29, 1.82) is 0 Å². The molecule has 0 bridgehead atoms. The average Bonchev–Trinajstić information content (AvgIpc) is 2.79. The highest BCUT2D eigenvalue weighted by molar-refractivity contribution is 7.18. The molecule has 1 aromatic rings. The number of carbonyl (C=O) groups excluding carboxylic acids is 1. The fraction of sp³-hybridized carbons (Fsp3) is 0.667. The molecule has 0 radical (unpaired) electrons. The summed E-state index contributed by atoms with van der Waals surface area (Å²) in [5.41, 5.74) is 0. The van der Waals surface area contributed by atoms with Gasteiger partial charge in [-0.25, -0.2) is 9.78 Å². The number of ether oxygens (including phenoxy) is 1.